The number of rotatable bonds is 5. The first-order valence-corrected chi connectivity index (χ1v) is 14.4. The number of amides is 2. The van der Waals surface area contributed by atoms with Gasteiger partial charge >= 0.3 is 6.03 Å². The van der Waals surface area contributed by atoms with Crippen LogP contribution >= 0.6 is 11.3 Å². The van der Waals surface area contributed by atoms with Crippen molar-refractivity contribution in [3.8, 4) is 17.3 Å². The minimum atomic E-state index is -0.603. The van der Waals surface area contributed by atoms with Gasteiger partial charge in [0.2, 0.25) is 5.95 Å². The molecule has 3 fully saturated rings. The third-order valence-electron chi connectivity index (χ3n) is 8.23. The number of fused-ring (bicyclic) bond motifs is 1. The average Bonchev–Trinajstić information content (AvgIpc) is 3.51. The number of thiazole rings is 1. The fourth-order valence-electron chi connectivity index (χ4n) is 6.07. The molecule has 3 saturated heterocycles. The summed E-state index contributed by atoms with van der Waals surface area (Å²) in [6.45, 7) is 5.60. The summed E-state index contributed by atoms with van der Waals surface area (Å²) in [5.74, 6) is -0.311. The second kappa shape index (κ2) is 9.60. The van der Waals surface area contributed by atoms with Crippen LogP contribution in [0.3, 0.4) is 0 Å². The Morgan fingerprint density at radius 1 is 1.17 bits per heavy atom. The Bertz CT molecular complexity index is 1750. The molecule has 1 N–H and O–H groups in total. The van der Waals surface area contributed by atoms with Crippen molar-refractivity contribution in [1.29, 1.82) is 5.26 Å². The molecule has 0 saturated carbocycles. The number of anilines is 3. The lowest BCUT2D eigenvalue weighted by Crippen LogP contribution is -2.75. The molecule has 0 radical (unpaired) electrons. The fraction of sp³-hybridized carbons (Fsp3) is 0.393. The highest BCUT2D eigenvalue weighted by Crippen LogP contribution is 2.44. The molecule has 3 aliphatic rings. The van der Waals surface area contributed by atoms with Gasteiger partial charge < -0.3 is 24.7 Å². The van der Waals surface area contributed by atoms with Crippen molar-refractivity contribution >= 4 is 45.0 Å². The third-order valence-corrected chi connectivity index (χ3v) is 9.26. The van der Waals surface area contributed by atoms with E-state index in [0.29, 0.717) is 84.0 Å². The molecule has 0 unspecified atom stereocenters. The highest BCUT2D eigenvalue weighted by molar-refractivity contribution is 7.16. The van der Waals surface area contributed by atoms with Gasteiger partial charge in [0.05, 0.1) is 30.3 Å². The van der Waals surface area contributed by atoms with Crippen LogP contribution in [0.4, 0.5) is 30.2 Å². The molecule has 42 heavy (non-hydrogen) atoms. The molecular formula is C28H27F2N9O2S. The molecule has 0 atom stereocenters. The quantitative estimate of drug-likeness (QED) is 0.351. The predicted molar refractivity (Wildman–Crippen MR) is 153 cm³/mol. The molecule has 11 nitrogen and oxygen atoms in total. The van der Waals surface area contributed by atoms with E-state index in [1.807, 2.05) is 23.8 Å². The number of aromatic nitrogens is 4. The molecule has 216 valence electrons. The number of nitriles is 1. The zero-order valence-electron chi connectivity index (χ0n) is 23.0. The maximum absolute atomic E-state index is 15.3. The number of aliphatic hydroxyl groups excluding tert-OH is 1. The van der Waals surface area contributed by atoms with Crippen LogP contribution in [0.2, 0.25) is 0 Å². The van der Waals surface area contributed by atoms with Crippen molar-refractivity contribution in [2.75, 3.05) is 56.1 Å². The molecule has 3 aromatic heterocycles. The molecular weight excluding hydrogens is 564 g/mol. The normalized spacial score (nSPS) is 17.7. The number of halogens is 2. The number of aryl methyl sites for hydroxylation is 1. The number of β-amino-alcohol motifs (C(OH)–C–C–N with tert-alkyl or cyclic N) is 1. The van der Waals surface area contributed by atoms with Crippen molar-refractivity contribution in [3.05, 3.63) is 47.0 Å². The van der Waals surface area contributed by atoms with Gasteiger partial charge in [0.1, 0.15) is 28.3 Å². The van der Waals surface area contributed by atoms with Crippen molar-refractivity contribution in [1.82, 2.24) is 29.5 Å². The number of carbonyl (C=O) groups is 1. The highest BCUT2D eigenvalue weighted by atomic mass is 32.1. The summed E-state index contributed by atoms with van der Waals surface area (Å²) < 4.78 is 30.5. The van der Waals surface area contributed by atoms with E-state index in [1.165, 1.54) is 23.5 Å². The van der Waals surface area contributed by atoms with Gasteiger partial charge in [-0.1, -0.05) is 11.3 Å². The van der Waals surface area contributed by atoms with Gasteiger partial charge in [0, 0.05) is 50.7 Å². The lowest BCUT2D eigenvalue weighted by molar-refractivity contribution is -0.0330. The van der Waals surface area contributed by atoms with Crippen LogP contribution in [0.15, 0.2) is 30.3 Å². The summed E-state index contributed by atoms with van der Waals surface area (Å²) >= 11 is 1.21. The smallest absolute Gasteiger partial charge is 0.320 e. The van der Waals surface area contributed by atoms with Crippen molar-refractivity contribution < 1.29 is 18.7 Å². The summed E-state index contributed by atoms with van der Waals surface area (Å²) in [6, 6.07) is 9.74. The number of aliphatic hydroxyl groups is 1. The number of urea groups is 1. The van der Waals surface area contributed by atoms with Gasteiger partial charge in [-0.3, -0.25) is 0 Å². The van der Waals surface area contributed by atoms with Crippen LogP contribution < -0.4 is 9.80 Å². The second-order valence-corrected chi connectivity index (χ2v) is 12.2. The zero-order chi connectivity index (χ0) is 29.3. The van der Waals surface area contributed by atoms with Crippen LogP contribution in [0, 0.1) is 28.5 Å². The first-order chi connectivity index (χ1) is 20.2. The Morgan fingerprint density at radius 3 is 2.52 bits per heavy atom. The highest BCUT2D eigenvalue weighted by Gasteiger charge is 2.55. The second-order valence-electron chi connectivity index (χ2n) is 11.2. The maximum Gasteiger partial charge on any atom is 0.320 e. The summed E-state index contributed by atoms with van der Waals surface area (Å²) in [4.78, 5) is 29.0. The maximum atomic E-state index is 15.3. The number of pyridine rings is 1. The van der Waals surface area contributed by atoms with E-state index < -0.39 is 12.1 Å². The summed E-state index contributed by atoms with van der Waals surface area (Å²) in [7, 11) is 1.82. The van der Waals surface area contributed by atoms with Gasteiger partial charge in [-0.15, -0.1) is 0 Å². The van der Waals surface area contributed by atoms with Gasteiger partial charge in [0.25, 0.3) is 0 Å². The Kier molecular flexibility index (Phi) is 6.07. The number of carbonyl (C=O) groups excluding carboxylic acids is 1. The first kappa shape index (κ1) is 26.5. The van der Waals surface area contributed by atoms with Crippen molar-refractivity contribution in [2.24, 2.45) is 5.41 Å². The van der Waals surface area contributed by atoms with E-state index in [0.717, 1.165) is 0 Å². The average molecular weight is 592 g/mol. The fourth-order valence-corrected chi connectivity index (χ4v) is 6.92. The lowest BCUT2D eigenvalue weighted by atomic mass is 9.72. The van der Waals surface area contributed by atoms with E-state index >= 15 is 4.39 Å². The molecule has 1 spiro atoms. The Balaban J connectivity index is 1.15. The molecule has 4 aromatic rings. The molecule has 0 bridgehead atoms. The SMILES string of the molecule is CCn1nc2nc(F)c(N3CC4(CN(C(=O)N5CC(O)C5)C4)C3)cc2c1N(C)c1nc(-c2ccc(F)cc2)c(C#N)s1. The number of likely N-dealkylation sites (tertiary alicyclic amines) is 2. The van der Waals surface area contributed by atoms with Crippen LogP contribution in [-0.2, 0) is 6.54 Å². The van der Waals surface area contributed by atoms with Crippen LogP contribution in [-0.4, -0.2) is 93.1 Å². The predicted octanol–water partition coefficient (Wildman–Crippen LogP) is 3.41. The topological polar surface area (TPSA) is 118 Å². The Morgan fingerprint density at radius 2 is 1.88 bits per heavy atom. The van der Waals surface area contributed by atoms with E-state index in [1.54, 1.807) is 32.7 Å². The van der Waals surface area contributed by atoms with Crippen molar-refractivity contribution in [3.63, 3.8) is 0 Å². The molecule has 1 aromatic carbocycles. The van der Waals surface area contributed by atoms with E-state index in [4.69, 9.17) is 4.98 Å². The first-order valence-electron chi connectivity index (χ1n) is 13.6. The minimum absolute atomic E-state index is 0.0531. The van der Waals surface area contributed by atoms with Gasteiger partial charge in [-0.2, -0.15) is 19.7 Å². The zero-order valence-corrected chi connectivity index (χ0v) is 23.8. The van der Waals surface area contributed by atoms with Gasteiger partial charge in [-0.25, -0.2) is 18.9 Å². The molecule has 7 rings (SSSR count). The van der Waals surface area contributed by atoms with Gasteiger partial charge in [-0.05, 0) is 37.3 Å². The van der Waals surface area contributed by atoms with Crippen LogP contribution in [0.1, 0.15) is 11.8 Å². The largest absolute Gasteiger partial charge is 0.389 e. The van der Waals surface area contributed by atoms with Gasteiger partial charge in [0.15, 0.2) is 10.8 Å². The molecule has 0 aliphatic carbocycles. The molecule has 14 heteroatoms. The number of benzene rings is 1. The summed E-state index contributed by atoms with van der Waals surface area (Å²) in [6.07, 6.45) is -0.435. The lowest BCUT2D eigenvalue weighted by Gasteiger charge is -2.61. The monoisotopic (exact) mass is 591 g/mol. The minimum Gasteiger partial charge on any atom is -0.389 e. The Hall–Kier alpha value is -4.35. The standard InChI is InChI=1S/C28H27F2N9O2S/c1-3-39-25(35(2)26-32-22(21(9-31)42-26)16-4-6-17(29)7-5-16)19-8-20(23(30)33-24(19)34-39)37-12-28(13-37)14-38(15-28)27(41)36-10-18(40)11-36/h4-8,18,40H,3,10-15H2,1-2H3. The third kappa shape index (κ3) is 4.14. The molecule has 6 heterocycles. The summed E-state index contributed by atoms with van der Waals surface area (Å²) in [5, 5.41) is 25.0. The summed E-state index contributed by atoms with van der Waals surface area (Å²) in [5.41, 5.74) is 1.67. The Labute approximate surface area is 243 Å². The number of hydrogen-bond donors (Lipinski definition) is 1. The van der Waals surface area contributed by atoms with E-state index in [-0.39, 0.29) is 22.9 Å². The molecule has 3 aliphatic heterocycles. The van der Waals surface area contributed by atoms with Crippen LogP contribution in [0.5, 0.6) is 0 Å². The molecule has 2 amide bonds. The van der Waals surface area contributed by atoms with Crippen LogP contribution in [0.25, 0.3) is 22.3 Å². The number of nitrogens with zero attached hydrogens (tertiary/aromatic N) is 9. The van der Waals surface area contributed by atoms with E-state index in [2.05, 4.69) is 16.2 Å². The van der Waals surface area contributed by atoms with E-state index in [9.17, 15) is 19.6 Å². The number of hydrogen-bond acceptors (Lipinski definition) is 9. The van der Waals surface area contributed by atoms with Crippen molar-refractivity contribution in [2.45, 2.75) is 19.6 Å².